The van der Waals surface area contributed by atoms with Crippen LogP contribution < -0.4 is 4.52 Å². The van der Waals surface area contributed by atoms with Crippen LogP contribution in [0.5, 0.6) is 5.75 Å². The molecule has 3 nitrogen and oxygen atoms in total. The SMILES string of the molecule is CCCCP(=O)(OCC)Oc1ccccc1Cl. The molecule has 0 aliphatic carbocycles. The largest absolute Gasteiger partial charge is 0.423 e. The summed E-state index contributed by atoms with van der Waals surface area (Å²) in [4.78, 5) is 0. The molecular weight excluding hydrogens is 259 g/mol. The number of halogens is 1. The topological polar surface area (TPSA) is 35.5 Å². The number of benzene rings is 1. The molecule has 0 aliphatic heterocycles. The molecule has 0 bridgehead atoms. The molecule has 0 N–H and O–H groups in total. The summed E-state index contributed by atoms with van der Waals surface area (Å²) in [6.07, 6.45) is 2.17. The van der Waals surface area contributed by atoms with Gasteiger partial charge in [0.15, 0.2) is 0 Å². The zero-order chi connectivity index (χ0) is 12.7. The minimum Gasteiger partial charge on any atom is -0.423 e. The van der Waals surface area contributed by atoms with Crippen LogP contribution in [0.1, 0.15) is 26.7 Å². The van der Waals surface area contributed by atoms with Gasteiger partial charge in [-0.05, 0) is 25.5 Å². The molecular formula is C12H18ClO3P. The van der Waals surface area contributed by atoms with Crippen LogP contribution in [-0.2, 0) is 9.09 Å². The second-order valence-corrected chi connectivity index (χ2v) is 6.14. The predicted molar refractivity (Wildman–Crippen MR) is 71.1 cm³/mol. The van der Waals surface area contributed by atoms with Crippen molar-refractivity contribution in [3.8, 4) is 5.75 Å². The molecule has 1 unspecified atom stereocenters. The lowest BCUT2D eigenvalue weighted by molar-refractivity contribution is 0.278. The molecule has 17 heavy (non-hydrogen) atoms. The van der Waals surface area contributed by atoms with E-state index in [0.29, 0.717) is 23.5 Å². The molecule has 0 saturated heterocycles. The molecule has 1 rings (SSSR count). The molecule has 0 aromatic heterocycles. The Bertz CT molecular complexity index is 395. The van der Waals surface area contributed by atoms with Crippen molar-refractivity contribution in [2.75, 3.05) is 12.8 Å². The monoisotopic (exact) mass is 276 g/mol. The quantitative estimate of drug-likeness (QED) is 0.674. The van der Waals surface area contributed by atoms with Crippen LogP contribution in [0.2, 0.25) is 5.02 Å². The van der Waals surface area contributed by atoms with Gasteiger partial charge < -0.3 is 9.05 Å². The molecule has 0 fully saturated rings. The molecule has 1 atom stereocenters. The van der Waals surface area contributed by atoms with E-state index < -0.39 is 7.60 Å². The van der Waals surface area contributed by atoms with Gasteiger partial charge in [-0.2, -0.15) is 0 Å². The number of hydrogen-bond acceptors (Lipinski definition) is 3. The van der Waals surface area contributed by atoms with Crippen LogP contribution in [0.3, 0.4) is 0 Å². The molecule has 0 amide bonds. The average Bonchev–Trinajstić information content (AvgIpc) is 2.30. The Hall–Kier alpha value is -0.500. The van der Waals surface area contributed by atoms with Crippen molar-refractivity contribution in [3.63, 3.8) is 0 Å². The van der Waals surface area contributed by atoms with Gasteiger partial charge in [0.05, 0.1) is 17.8 Å². The Labute approximate surface area is 108 Å². The zero-order valence-electron chi connectivity index (χ0n) is 10.2. The summed E-state index contributed by atoms with van der Waals surface area (Å²) in [5, 5.41) is 0.448. The predicted octanol–water partition coefficient (Wildman–Crippen LogP) is 4.75. The van der Waals surface area contributed by atoms with E-state index in [1.165, 1.54) is 0 Å². The Kier molecular flexibility index (Phi) is 6.04. The number of para-hydroxylation sites is 1. The third-order valence-electron chi connectivity index (χ3n) is 2.19. The Morgan fingerprint density at radius 3 is 2.59 bits per heavy atom. The first-order valence-corrected chi connectivity index (χ1v) is 7.89. The van der Waals surface area contributed by atoms with Crippen LogP contribution in [0.4, 0.5) is 0 Å². The molecule has 0 heterocycles. The van der Waals surface area contributed by atoms with Crippen molar-refractivity contribution in [1.82, 2.24) is 0 Å². The standard InChI is InChI=1S/C12H18ClO3P/c1-3-5-10-17(14,15-4-2)16-12-9-7-6-8-11(12)13/h6-9H,3-5,10H2,1-2H3. The summed E-state index contributed by atoms with van der Waals surface area (Å²) in [5.41, 5.74) is 0. The van der Waals surface area contributed by atoms with Crippen LogP contribution in [0.15, 0.2) is 24.3 Å². The summed E-state index contributed by atoms with van der Waals surface area (Å²) in [5.74, 6) is 0.419. The van der Waals surface area contributed by atoms with E-state index >= 15 is 0 Å². The van der Waals surface area contributed by atoms with Crippen molar-refractivity contribution in [2.24, 2.45) is 0 Å². The van der Waals surface area contributed by atoms with E-state index in [9.17, 15) is 4.57 Å². The fraction of sp³-hybridized carbons (Fsp3) is 0.500. The lowest BCUT2D eigenvalue weighted by atomic mass is 10.3. The highest BCUT2D eigenvalue weighted by Gasteiger charge is 2.25. The van der Waals surface area contributed by atoms with E-state index in [1.807, 2.05) is 6.92 Å². The van der Waals surface area contributed by atoms with E-state index in [-0.39, 0.29) is 0 Å². The maximum Gasteiger partial charge on any atom is 0.379 e. The average molecular weight is 277 g/mol. The van der Waals surface area contributed by atoms with E-state index in [0.717, 1.165) is 12.8 Å². The molecule has 5 heteroatoms. The van der Waals surface area contributed by atoms with E-state index in [2.05, 4.69) is 0 Å². The zero-order valence-corrected chi connectivity index (χ0v) is 11.8. The second-order valence-electron chi connectivity index (χ2n) is 3.63. The first-order valence-electron chi connectivity index (χ1n) is 5.79. The molecule has 0 radical (unpaired) electrons. The van der Waals surface area contributed by atoms with Gasteiger partial charge in [0.1, 0.15) is 5.75 Å². The van der Waals surface area contributed by atoms with Gasteiger partial charge in [0, 0.05) is 0 Å². The van der Waals surface area contributed by atoms with Crippen LogP contribution in [-0.4, -0.2) is 12.8 Å². The highest BCUT2D eigenvalue weighted by atomic mass is 35.5. The highest BCUT2D eigenvalue weighted by molar-refractivity contribution is 7.54. The van der Waals surface area contributed by atoms with Gasteiger partial charge in [-0.25, -0.2) is 4.57 Å². The summed E-state index contributed by atoms with van der Waals surface area (Å²) < 4.78 is 23.1. The van der Waals surface area contributed by atoms with Gasteiger partial charge in [-0.15, -0.1) is 0 Å². The molecule has 0 aliphatic rings. The minimum absolute atomic E-state index is 0.367. The maximum absolute atomic E-state index is 12.4. The lowest BCUT2D eigenvalue weighted by Gasteiger charge is -2.19. The van der Waals surface area contributed by atoms with Gasteiger partial charge in [0.2, 0.25) is 0 Å². The van der Waals surface area contributed by atoms with E-state index in [4.69, 9.17) is 20.6 Å². The molecule has 0 saturated carbocycles. The third-order valence-corrected chi connectivity index (χ3v) is 4.49. The van der Waals surface area contributed by atoms with Gasteiger partial charge in [0.25, 0.3) is 0 Å². The van der Waals surface area contributed by atoms with Gasteiger partial charge in [-0.1, -0.05) is 37.1 Å². The summed E-state index contributed by atoms with van der Waals surface area (Å²) >= 11 is 5.96. The summed E-state index contributed by atoms with van der Waals surface area (Å²) in [6, 6.07) is 6.98. The maximum atomic E-state index is 12.4. The minimum atomic E-state index is -3.07. The normalized spacial score (nSPS) is 14.3. The second kappa shape index (κ2) is 7.05. The summed E-state index contributed by atoms with van der Waals surface area (Å²) in [6.45, 7) is 4.20. The fourth-order valence-corrected chi connectivity index (χ4v) is 3.41. The van der Waals surface area contributed by atoms with Crippen molar-refractivity contribution in [2.45, 2.75) is 26.7 Å². The Morgan fingerprint density at radius 1 is 1.29 bits per heavy atom. The van der Waals surface area contributed by atoms with Crippen LogP contribution in [0, 0.1) is 0 Å². The first-order chi connectivity index (χ1) is 8.11. The molecule has 0 spiro atoms. The summed E-state index contributed by atoms with van der Waals surface area (Å²) in [7, 11) is -3.07. The van der Waals surface area contributed by atoms with E-state index in [1.54, 1.807) is 31.2 Å². The smallest absolute Gasteiger partial charge is 0.379 e. The van der Waals surface area contributed by atoms with Gasteiger partial charge >= 0.3 is 7.60 Å². The van der Waals surface area contributed by atoms with Crippen LogP contribution in [0.25, 0.3) is 0 Å². The highest BCUT2D eigenvalue weighted by Crippen LogP contribution is 2.50. The molecule has 96 valence electrons. The fourth-order valence-electron chi connectivity index (χ4n) is 1.35. The van der Waals surface area contributed by atoms with Crippen molar-refractivity contribution >= 4 is 19.2 Å². The van der Waals surface area contributed by atoms with Crippen molar-refractivity contribution < 1.29 is 13.6 Å². The van der Waals surface area contributed by atoms with Crippen molar-refractivity contribution in [3.05, 3.63) is 29.3 Å². The van der Waals surface area contributed by atoms with Crippen LogP contribution >= 0.6 is 19.2 Å². The third kappa shape index (κ3) is 4.71. The van der Waals surface area contributed by atoms with Gasteiger partial charge in [-0.3, -0.25) is 0 Å². The number of hydrogen-bond donors (Lipinski definition) is 0. The molecule has 1 aromatic carbocycles. The number of rotatable bonds is 7. The first kappa shape index (κ1) is 14.6. The number of unbranched alkanes of at least 4 members (excludes halogenated alkanes) is 1. The lowest BCUT2D eigenvalue weighted by Crippen LogP contribution is -2.02. The Balaban J connectivity index is 2.79. The molecule has 1 aromatic rings. The Morgan fingerprint density at radius 2 is 2.00 bits per heavy atom. The van der Waals surface area contributed by atoms with Crippen molar-refractivity contribution in [1.29, 1.82) is 0 Å².